The summed E-state index contributed by atoms with van der Waals surface area (Å²) >= 11 is 0. The second-order valence-electron chi connectivity index (χ2n) is 3.62. The van der Waals surface area contributed by atoms with E-state index in [1.807, 2.05) is 0 Å². The van der Waals surface area contributed by atoms with Crippen molar-refractivity contribution in [1.29, 1.82) is 0 Å². The van der Waals surface area contributed by atoms with Crippen LogP contribution in [0.2, 0.25) is 0 Å². The van der Waals surface area contributed by atoms with Gasteiger partial charge in [-0.2, -0.15) is 0 Å². The van der Waals surface area contributed by atoms with Crippen LogP contribution in [0.3, 0.4) is 0 Å². The molecule has 1 aromatic rings. The van der Waals surface area contributed by atoms with Gasteiger partial charge in [0.25, 0.3) is 5.91 Å². The number of amides is 1. The molecule has 98 valence electrons. The Bertz CT molecular complexity index is 394. The summed E-state index contributed by atoms with van der Waals surface area (Å²) in [5.74, 6) is -1.22. The highest BCUT2D eigenvalue weighted by molar-refractivity contribution is 5.93. The summed E-state index contributed by atoms with van der Waals surface area (Å²) in [4.78, 5) is 26.1. The summed E-state index contributed by atoms with van der Waals surface area (Å²) in [7, 11) is 0. The molecule has 0 saturated heterocycles. The molecule has 1 atom stereocenters. The number of hydrogen-bond acceptors (Lipinski definition) is 4. The Morgan fingerprint density at radius 2 is 2.11 bits per heavy atom. The van der Waals surface area contributed by atoms with Gasteiger partial charge in [0.15, 0.2) is 0 Å². The normalized spacial score (nSPS) is 11.8. The molecule has 0 aliphatic carbocycles. The molecule has 0 saturated carbocycles. The first-order valence-corrected chi connectivity index (χ1v) is 5.65. The van der Waals surface area contributed by atoms with Crippen LogP contribution in [-0.2, 0) is 9.53 Å². The minimum absolute atomic E-state index is 0.134. The Kier molecular flexibility index (Phi) is 5.79. The maximum absolute atomic E-state index is 11.7. The van der Waals surface area contributed by atoms with Crippen molar-refractivity contribution in [3.63, 3.8) is 0 Å². The summed E-state index contributed by atoms with van der Waals surface area (Å²) in [5, 5.41) is 11.3. The summed E-state index contributed by atoms with van der Waals surface area (Å²) in [6, 6.07) is 3.17. The van der Waals surface area contributed by atoms with E-state index < -0.39 is 12.1 Å². The van der Waals surface area contributed by atoms with E-state index in [0.29, 0.717) is 12.2 Å². The van der Waals surface area contributed by atoms with Gasteiger partial charge in [-0.1, -0.05) is 0 Å². The van der Waals surface area contributed by atoms with Crippen LogP contribution in [0.4, 0.5) is 0 Å². The molecule has 1 unspecified atom stereocenters. The summed E-state index contributed by atoms with van der Waals surface area (Å²) in [6.07, 6.45) is 2.39. The van der Waals surface area contributed by atoms with Gasteiger partial charge in [-0.25, -0.2) is 0 Å². The molecule has 1 heterocycles. The first-order chi connectivity index (χ1) is 8.63. The molecule has 0 bridgehead atoms. The predicted molar refractivity (Wildman–Crippen MR) is 64.2 cm³/mol. The van der Waals surface area contributed by atoms with Crippen molar-refractivity contribution >= 4 is 11.9 Å². The summed E-state index contributed by atoms with van der Waals surface area (Å²) < 4.78 is 5.23. The summed E-state index contributed by atoms with van der Waals surface area (Å²) in [6.45, 7) is 2.35. The molecule has 2 N–H and O–H groups in total. The average molecular weight is 252 g/mol. The van der Waals surface area contributed by atoms with Crippen molar-refractivity contribution in [3.8, 4) is 0 Å². The van der Waals surface area contributed by atoms with Crippen molar-refractivity contribution in [1.82, 2.24) is 10.3 Å². The van der Waals surface area contributed by atoms with E-state index >= 15 is 0 Å². The molecule has 1 amide bonds. The topological polar surface area (TPSA) is 88.5 Å². The number of carboxylic acids is 1. The van der Waals surface area contributed by atoms with Gasteiger partial charge in [0.05, 0.1) is 12.5 Å². The van der Waals surface area contributed by atoms with Crippen molar-refractivity contribution < 1.29 is 19.4 Å². The van der Waals surface area contributed by atoms with E-state index in [4.69, 9.17) is 9.84 Å². The number of carbonyl (C=O) groups excluding carboxylic acids is 1. The predicted octanol–water partition coefficient (Wildman–Crippen LogP) is 0.691. The standard InChI is InChI=1S/C12H16N2O4/c1-2-18-10(7-11(15)16)8-14-12(17)9-3-5-13-6-4-9/h3-6,10H,2,7-8H2,1H3,(H,14,17)(H,15,16). The van der Waals surface area contributed by atoms with Crippen LogP contribution in [0, 0.1) is 0 Å². The molecule has 1 aromatic heterocycles. The van der Waals surface area contributed by atoms with Crippen LogP contribution < -0.4 is 5.32 Å². The second kappa shape index (κ2) is 7.39. The Balaban J connectivity index is 2.46. The van der Waals surface area contributed by atoms with Crippen LogP contribution in [0.5, 0.6) is 0 Å². The lowest BCUT2D eigenvalue weighted by molar-refractivity contribution is -0.140. The monoisotopic (exact) mass is 252 g/mol. The third-order valence-corrected chi connectivity index (χ3v) is 2.24. The molecule has 0 spiro atoms. The Hall–Kier alpha value is -1.95. The van der Waals surface area contributed by atoms with Crippen LogP contribution in [0.25, 0.3) is 0 Å². The summed E-state index contributed by atoms with van der Waals surface area (Å²) in [5.41, 5.74) is 0.482. The smallest absolute Gasteiger partial charge is 0.306 e. The number of carboxylic acid groups (broad SMARTS) is 1. The zero-order valence-corrected chi connectivity index (χ0v) is 10.1. The van der Waals surface area contributed by atoms with Crippen LogP contribution in [-0.4, -0.2) is 41.2 Å². The minimum Gasteiger partial charge on any atom is -0.481 e. The van der Waals surface area contributed by atoms with Crippen molar-refractivity contribution in [2.75, 3.05) is 13.2 Å². The van der Waals surface area contributed by atoms with Gasteiger partial charge < -0.3 is 15.2 Å². The van der Waals surface area contributed by atoms with Gasteiger partial charge in [-0.05, 0) is 19.1 Å². The van der Waals surface area contributed by atoms with Crippen LogP contribution >= 0.6 is 0 Å². The van der Waals surface area contributed by atoms with Crippen LogP contribution in [0.1, 0.15) is 23.7 Å². The first kappa shape index (κ1) is 14.1. The number of nitrogens with one attached hydrogen (secondary N) is 1. The SMILES string of the molecule is CCOC(CNC(=O)c1ccncc1)CC(=O)O. The average Bonchev–Trinajstić information content (AvgIpc) is 2.36. The highest BCUT2D eigenvalue weighted by atomic mass is 16.5. The van der Waals surface area contributed by atoms with Gasteiger partial charge in [0, 0.05) is 31.1 Å². The molecule has 0 aromatic carbocycles. The van der Waals surface area contributed by atoms with E-state index in [-0.39, 0.29) is 18.9 Å². The van der Waals surface area contributed by atoms with E-state index in [9.17, 15) is 9.59 Å². The Morgan fingerprint density at radius 1 is 1.44 bits per heavy atom. The maximum atomic E-state index is 11.7. The Labute approximate surface area is 105 Å². The third kappa shape index (κ3) is 4.92. The highest BCUT2D eigenvalue weighted by Crippen LogP contribution is 2.00. The lowest BCUT2D eigenvalue weighted by atomic mass is 10.2. The molecule has 6 nitrogen and oxygen atoms in total. The molecule has 0 fully saturated rings. The largest absolute Gasteiger partial charge is 0.481 e. The molecule has 0 aliphatic heterocycles. The lowest BCUT2D eigenvalue weighted by Gasteiger charge is -2.15. The van der Waals surface area contributed by atoms with Gasteiger partial charge in [-0.15, -0.1) is 0 Å². The number of aliphatic carboxylic acids is 1. The number of hydrogen-bond donors (Lipinski definition) is 2. The fourth-order valence-corrected chi connectivity index (χ4v) is 1.43. The number of nitrogens with zero attached hydrogens (tertiary/aromatic N) is 1. The zero-order chi connectivity index (χ0) is 13.4. The van der Waals surface area contributed by atoms with Gasteiger partial charge in [-0.3, -0.25) is 14.6 Å². The van der Waals surface area contributed by atoms with E-state index in [1.165, 1.54) is 12.4 Å². The number of pyridine rings is 1. The van der Waals surface area contributed by atoms with Crippen LogP contribution in [0.15, 0.2) is 24.5 Å². The zero-order valence-electron chi connectivity index (χ0n) is 10.1. The maximum Gasteiger partial charge on any atom is 0.306 e. The molecule has 1 rings (SSSR count). The van der Waals surface area contributed by atoms with Gasteiger partial charge >= 0.3 is 5.97 Å². The Morgan fingerprint density at radius 3 is 2.67 bits per heavy atom. The van der Waals surface area contributed by atoms with Crippen molar-refractivity contribution in [2.45, 2.75) is 19.4 Å². The molecular weight excluding hydrogens is 236 g/mol. The quantitative estimate of drug-likeness (QED) is 0.745. The third-order valence-electron chi connectivity index (χ3n) is 2.24. The second-order valence-corrected chi connectivity index (χ2v) is 3.62. The van der Waals surface area contributed by atoms with E-state index in [0.717, 1.165) is 0 Å². The molecule has 0 radical (unpaired) electrons. The minimum atomic E-state index is -0.952. The van der Waals surface area contributed by atoms with Gasteiger partial charge in [0.2, 0.25) is 0 Å². The highest BCUT2D eigenvalue weighted by Gasteiger charge is 2.14. The van der Waals surface area contributed by atoms with E-state index in [1.54, 1.807) is 19.1 Å². The molecule has 6 heteroatoms. The van der Waals surface area contributed by atoms with Crippen molar-refractivity contribution in [2.24, 2.45) is 0 Å². The van der Waals surface area contributed by atoms with Crippen molar-refractivity contribution in [3.05, 3.63) is 30.1 Å². The molecular formula is C12H16N2O4. The van der Waals surface area contributed by atoms with E-state index in [2.05, 4.69) is 10.3 Å². The number of carbonyl (C=O) groups is 2. The fourth-order valence-electron chi connectivity index (χ4n) is 1.43. The molecule has 18 heavy (non-hydrogen) atoms. The number of ether oxygens (including phenoxy) is 1. The van der Waals surface area contributed by atoms with Gasteiger partial charge in [0.1, 0.15) is 0 Å². The first-order valence-electron chi connectivity index (χ1n) is 5.65. The fraction of sp³-hybridized carbons (Fsp3) is 0.417. The lowest BCUT2D eigenvalue weighted by Crippen LogP contribution is -2.35. The number of aromatic nitrogens is 1. The molecule has 0 aliphatic rings. The number of rotatable bonds is 7.